The summed E-state index contributed by atoms with van der Waals surface area (Å²) in [5, 5.41) is 0. The third kappa shape index (κ3) is 4.16. The van der Waals surface area contributed by atoms with Gasteiger partial charge in [-0.2, -0.15) is 0 Å². The summed E-state index contributed by atoms with van der Waals surface area (Å²) in [6.45, 7) is 5.50. The van der Waals surface area contributed by atoms with Crippen molar-refractivity contribution < 1.29 is 13.2 Å². The molecular formula is C21H26N2O3S. The van der Waals surface area contributed by atoms with Crippen molar-refractivity contribution in [2.45, 2.75) is 31.6 Å². The highest BCUT2D eigenvalue weighted by atomic mass is 32.2. The average Bonchev–Trinajstić information content (AvgIpc) is 2.67. The molecule has 5 nitrogen and oxygen atoms in total. The molecule has 0 aromatic heterocycles. The van der Waals surface area contributed by atoms with Crippen molar-refractivity contribution in [2.75, 3.05) is 24.4 Å². The minimum atomic E-state index is -3.74. The van der Waals surface area contributed by atoms with Crippen molar-refractivity contribution in [3.8, 4) is 0 Å². The molecule has 1 amide bonds. The number of amides is 1. The molecule has 1 saturated heterocycles. The number of hydrogen-bond acceptors (Lipinski definition) is 3. The quantitative estimate of drug-likeness (QED) is 0.805. The molecule has 0 bridgehead atoms. The van der Waals surface area contributed by atoms with Crippen molar-refractivity contribution in [1.29, 1.82) is 0 Å². The summed E-state index contributed by atoms with van der Waals surface area (Å²) >= 11 is 0. The Morgan fingerprint density at radius 1 is 1.15 bits per heavy atom. The first-order valence-electron chi connectivity index (χ1n) is 9.24. The minimum absolute atomic E-state index is 0.100. The fourth-order valence-electron chi connectivity index (χ4n) is 3.47. The van der Waals surface area contributed by atoms with Gasteiger partial charge in [0.25, 0.3) is 15.9 Å². The van der Waals surface area contributed by atoms with Crippen LogP contribution in [0.2, 0.25) is 0 Å². The van der Waals surface area contributed by atoms with Crippen LogP contribution in [0.5, 0.6) is 0 Å². The van der Waals surface area contributed by atoms with Crippen molar-refractivity contribution in [3.63, 3.8) is 0 Å². The van der Waals surface area contributed by atoms with Gasteiger partial charge in [-0.1, -0.05) is 25.1 Å². The van der Waals surface area contributed by atoms with E-state index < -0.39 is 10.0 Å². The fourth-order valence-corrected chi connectivity index (χ4v) is 4.70. The number of carbonyl (C=O) groups excluding carboxylic acids is 1. The van der Waals surface area contributed by atoms with Crippen molar-refractivity contribution in [1.82, 2.24) is 4.90 Å². The third-order valence-electron chi connectivity index (χ3n) is 5.05. The Morgan fingerprint density at radius 2 is 1.89 bits per heavy atom. The summed E-state index contributed by atoms with van der Waals surface area (Å²) in [6.07, 6.45) is 2.11. The Morgan fingerprint density at radius 3 is 2.59 bits per heavy atom. The zero-order chi connectivity index (χ0) is 19.6. The first-order chi connectivity index (χ1) is 12.8. The molecule has 2 aromatic carbocycles. The van der Waals surface area contributed by atoms with Gasteiger partial charge < -0.3 is 4.90 Å². The van der Waals surface area contributed by atoms with E-state index in [1.165, 1.54) is 23.5 Å². The molecule has 0 saturated carbocycles. The number of benzene rings is 2. The lowest BCUT2D eigenvalue weighted by molar-refractivity contribution is 0.0683. The molecule has 0 spiro atoms. The van der Waals surface area contributed by atoms with E-state index in [1.807, 2.05) is 30.0 Å². The lowest BCUT2D eigenvalue weighted by Gasteiger charge is -2.31. The maximum absolute atomic E-state index is 13.0. The Kier molecular flexibility index (Phi) is 5.56. The van der Waals surface area contributed by atoms with Gasteiger partial charge in [0.1, 0.15) is 0 Å². The smallest absolute Gasteiger partial charge is 0.264 e. The van der Waals surface area contributed by atoms with E-state index in [0.717, 1.165) is 31.5 Å². The van der Waals surface area contributed by atoms with E-state index in [4.69, 9.17) is 0 Å². The van der Waals surface area contributed by atoms with Gasteiger partial charge in [0, 0.05) is 25.7 Å². The Balaban J connectivity index is 1.89. The maximum Gasteiger partial charge on any atom is 0.264 e. The van der Waals surface area contributed by atoms with Crippen LogP contribution < -0.4 is 4.31 Å². The van der Waals surface area contributed by atoms with Crippen LogP contribution in [0, 0.1) is 12.8 Å². The molecule has 0 unspecified atom stereocenters. The second-order valence-electron chi connectivity index (χ2n) is 7.34. The van der Waals surface area contributed by atoms with E-state index in [0.29, 0.717) is 17.2 Å². The number of anilines is 1. The van der Waals surface area contributed by atoms with Crippen LogP contribution in [0.1, 0.15) is 35.7 Å². The number of rotatable bonds is 4. The van der Waals surface area contributed by atoms with Gasteiger partial charge in [-0.25, -0.2) is 8.42 Å². The lowest BCUT2D eigenvalue weighted by Crippen LogP contribution is -2.39. The normalized spacial score (nSPS) is 17.6. The molecule has 1 aliphatic heterocycles. The summed E-state index contributed by atoms with van der Waals surface area (Å²) in [5.74, 6) is 0.374. The predicted octanol–water partition coefficient (Wildman–Crippen LogP) is 3.69. The van der Waals surface area contributed by atoms with Gasteiger partial charge in [0.05, 0.1) is 10.6 Å². The van der Waals surface area contributed by atoms with Gasteiger partial charge in [0.2, 0.25) is 0 Å². The number of aryl methyl sites for hydroxylation is 1. The van der Waals surface area contributed by atoms with E-state index in [1.54, 1.807) is 18.2 Å². The summed E-state index contributed by atoms with van der Waals surface area (Å²) in [4.78, 5) is 14.8. The van der Waals surface area contributed by atoms with Crippen LogP contribution in [0.3, 0.4) is 0 Å². The van der Waals surface area contributed by atoms with Gasteiger partial charge in [-0.3, -0.25) is 9.10 Å². The van der Waals surface area contributed by atoms with Crippen LogP contribution in [-0.4, -0.2) is 39.4 Å². The minimum Gasteiger partial charge on any atom is -0.338 e. The number of likely N-dealkylation sites (tertiary alicyclic amines) is 1. The molecule has 27 heavy (non-hydrogen) atoms. The zero-order valence-corrected chi connectivity index (χ0v) is 16.9. The molecule has 144 valence electrons. The number of hydrogen-bond donors (Lipinski definition) is 0. The van der Waals surface area contributed by atoms with Crippen molar-refractivity contribution in [3.05, 3.63) is 59.7 Å². The molecule has 0 N–H and O–H groups in total. The zero-order valence-electron chi connectivity index (χ0n) is 16.1. The highest BCUT2D eigenvalue weighted by Crippen LogP contribution is 2.24. The lowest BCUT2D eigenvalue weighted by atomic mass is 9.99. The molecule has 0 radical (unpaired) electrons. The standard InChI is InChI=1S/C21H26N2O3S/c1-16-7-4-10-19(13-16)22(3)27(25,26)20-11-5-9-18(14-20)21(24)23-12-6-8-17(2)15-23/h4-5,7,9-11,13-14,17H,6,8,12,15H2,1-3H3/t17-/m1/s1. The molecule has 1 fully saturated rings. The van der Waals surface area contributed by atoms with E-state index in [-0.39, 0.29) is 10.8 Å². The summed E-state index contributed by atoms with van der Waals surface area (Å²) < 4.78 is 27.4. The monoisotopic (exact) mass is 386 g/mol. The van der Waals surface area contributed by atoms with E-state index in [2.05, 4.69) is 6.92 Å². The van der Waals surface area contributed by atoms with Gasteiger partial charge in [-0.15, -0.1) is 0 Å². The Labute approximate surface area is 161 Å². The summed E-state index contributed by atoms with van der Waals surface area (Å²) in [5.41, 5.74) is 2.00. The molecule has 2 aromatic rings. The Hall–Kier alpha value is -2.34. The van der Waals surface area contributed by atoms with Gasteiger partial charge >= 0.3 is 0 Å². The number of sulfonamides is 1. The molecule has 0 aliphatic carbocycles. The van der Waals surface area contributed by atoms with E-state index >= 15 is 0 Å². The largest absolute Gasteiger partial charge is 0.338 e. The van der Waals surface area contributed by atoms with Crippen LogP contribution >= 0.6 is 0 Å². The highest BCUT2D eigenvalue weighted by Gasteiger charge is 2.25. The molecular weight excluding hydrogens is 360 g/mol. The SMILES string of the molecule is Cc1cccc(N(C)S(=O)(=O)c2cccc(C(=O)N3CCC[C@@H](C)C3)c2)c1. The summed E-state index contributed by atoms with van der Waals surface area (Å²) in [7, 11) is -2.21. The molecule has 1 aliphatic rings. The van der Waals surface area contributed by atoms with Crippen LogP contribution in [-0.2, 0) is 10.0 Å². The highest BCUT2D eigenvalue weighted by molar-refractivity contribution is 7.92. The average molecular weight is 387 g/mol. The topological polar surface area (TPSA) is 57.7 Å². The van der Waals surface area contributed by atoms with Crippen molar-refractivity contribution in [2.24, 2.45) is 5.92 Å². The van der Waals surface area contributed by atoms with Gasteiger partial charge in [0.15, 0.2) is 0 Å². The van der Waals surface area contributed by atoms with Crippen LogP contribution in [0.4, 0.5) is 5.69 Å². The summed E-state index contributed by atoms with van der Waals surface area (Å²) in [6, 6.07) is 13.7. The number of nitrogens with zero attached hydrogens (tertiary/aromatic N) is 2. The van der Waals surface area contributed by atoms with Crippen LogP contribution in [0.25, 0.3) is 0 Å². The predicted molar refractivity (Wildman–Crippen MR) is 108 cm³/mol. The molecule has 1 heterocycles. The molecule has 6 heteroatoms. The molecule has 3 rings (SSSR count). The Bertz CT molecular complexity index is 940. The number of piperidine rings is 1. The second kappa shape index (κ2) is 7.72. The first-order valence-corrected chi connectivity index (χ1v) is 10.7. The maximum atomic E-state index is 13.0. The fraction of sp³-hybridized carbons (Fsp3) is 0.381. The molecule has 1 atom stereocenters. The first kappa shape index (κ1) is 19.4. The van der Waals surface area contributed by atoms with Crippen LogP contribution in [0.15, 0.2) is 53.4 Å². The van der Waals surface area contributed by atoms with E-state index in [9.17, 15) is 13.2 Å². The number of carbonyl (C=O) groups is 1. The third-order valence-corrected chi connectivity index (χ3v) is 6.83. The van der Waals surface area contributed by atoms with Gasteiger partial charge in [-0.05, 0) is 61.6 Å². The van der Waals surface area contributed by atoms with Crippen molar-refractivity contribution >= 4 is 21.6 Å². The second-order valence-corrected chi connectivity index (χ2v) is 9.31.